The summed E-state index contributed by atoms with van der Waals surface area (Å²) >= 11 is 0. The lowest BCUT2D eigenvalue weighted by Gasteiger charge is -2.22. The molecule has 328 valence electrons. The van der Waals surface area contributed by atoms with Crippen molar-refractivity contribution in [2.45, 2.75) is 213 Å². The Bertz CT molecular complexity index is 984. The third-order valence-corrected chi connectivity index (χ3v) is 11.1. The third kappa shape index (κ3) is 43.6. The van der Waals surface area contributed by atoms with Gasteiger partial charge in [0.2, 0.25) is 0 Å². The summed E-state index contributed by atoms with van der Waals surface area (Å²) in [7, 11) is -3.99. The highest BCUT2D eigenvalue weighted by molar-refractivity contribution is 7.51. The predicted molar refractivity (Wildman–Crippen MR) is 243 cm³/mol. The van der Waals surface area contributed by atoms with Crippen molar-refractivity contribution in [3.05, 3.63) is 48.6 Å². The molecular weight excluding hydrogens is 716 g/mol. The fourth-order valence-corrected chi connectivity index (χ4v) is 7.29. The minimum atomic E-state index is -3.99. The van der Waals surface area contributed by atoms with E-state index in [2.05, 4.69) is 74.3 Å². The van der Waals surface area contributed by atoms with Crippen molar-refractivity contribution in [3.8, 4) is 0 Å². The van der Waals surface area contributed by atoms with Crippen LogP contribution in [0.25, 0.3) is 0 Å². The molecule has 0 rings (SSSR count). The van der Waals surface area contributed by atoms with E-state index >= 15 is 0 Å². The maximum atomic E-state index is 12.7. The lowest BCUT2D eigenvalue weighted by molar-refractivity contribution is -0.190. The fourth-order valence-electron chi connectivity index (χ4n) is 6.74. The van der Waals surface area contributed by atoms with Gasteiger partial charge in [-0.2, -0.15) is 0 Å². The molecule has 0 aromatic rings. The second kappa shape index (κ2) is 43.1. The molecule has 0 unspecified atom stereocenters. The summed E-state index contributed by atoms with van der Waals surface area (Å²) in [5, 5.41) is 1.87. The van der Waals surface area contributed by atoms with Crippen LogP contribution in [0.3, 0.4) is 0 Å². The second-order valence-corrected chi connectivity index (χ2v) is 17.7. The number of hydroxylamine groups is 2. The molecule has 0 aliphatic rings. The summed E-state index contributed by atoms with van der Waals surface area (Å²) in [6, 6.07) is 0. The Morgan fingerprint density at radius 2 is 0.839 bits per heavy atom. The van der Waals surface area contributed by atoms with Crippen LogP contribution in [-0.2, 0) is 14.2 Å². The van der Waals surface area contributed by atoms with Crippen LogP contribution < -0.4 is 0 Å². The summed E-state index contributed by atoms with van der Waals surface area (Å²) in [5.74, 6) is -0.112. The summed E-state index contributed by atoms with van der Waals surface area (Å²) < 4.78 is 11.6. The number of hydrogen-bond donors (Lipinski definition) is 2. The number of hydrogen-bond acceptors (Lipinski definition) is 5. The van der Waals surface area contributed by atoms with Gasteiger partial charge in [0.15, 0.2) is 0 Å². The average molecular weight is 807 g/mol. The quantitative estimate of drug-likeness (QED) is 0.0274. The van der Waals surface area contributed by atoms with Crippen molar-refractivity contribution in [2.75, 3.05) is 38.9 Å². The molecule has 0 aliphatic heterocycles. The van der Waals surface area contributed by atoms with Gasteiger partial charge in [0.1, 0.15) is 0 Å². The minimum absolute atomic E-state index is 0.0539. The molecular formula is C48H91N2O5P. The van der Waals surface area contributed by atoms with Gasteiger partial charge in [-0.25, -0.2) is 0 Å². The number of allylic oxidation sites excluding steroid dienone is 6. The zero-order chi connectivity index (χ0) is 41.1. The fraction of sp³-hybridized carbons (Fsp3) is 0.812. The number of rotatable bonds is 43. The van der Waals surface area contributed by atoms with E-state index in [1.165, 1.54) is 103 Å². The molecule has 0 heterocycles. The Morgan fingerprint density at radius 1 is 0.464 bits per heavy atom. The Morgan fingerprint density at radius 3 is 1.29 bits per heavy atom. The van der Waals surface area contributed by atoms with E-state index in [1.807, 2.05) is 5.06 Å². The molecule has 0 spiro atoms. The maximum Gasteiger partial charge on any atom is 0.326 e. The SMILES string of the molecule is CCCCC/C=C\C/C=C\CCCCCCCCN(CCCCCCCCCC(=O)ON(CC/C=C\CCCCC)CC/C=C\CCCCC)CCP(=O)(O)O. The Hall–Kier alpha value is -1.50. The molecule has 8 heteroatoms. The largest absolute Gasteiger partial charge is 0.368 e. The Labute approximate surface area is 347 Å². The first-order valence-corrected chi connectivity index (χ1v) is 25.4. The van der Waals surface area contributed by atoms with Gasteiger partial charge in [0, 0.05) is 26.1 Å². The lowest BCUT2D eigenvalue weighted by Crippen LogP contribution is -2.29. The van der Waals surface area contributed by atoms with Crippen molar-refractivity contribution in [3.63, 3.8) is 0 Å². The summed E-state index contributed by atoms with van der Waals surface area (Å²) in [4.78, 5) is 39.7. The van der Waals surface area contributed by atoms with Crippen LogP contribution in [-0.4, -0.2) is 64.6 Å². The average Bonchev–Trinajstić information content (AvgIpc) is 3.17. The topological polar surface area (TPSA) is 90.3 Å². The Kier molecular flexibility index (Phi) is 41.9. The molecule has 0 aromatic carbocycles. The van der Waals surface area contributed by atoms with Crippen LogP contribution in [0.4, 0.5) is 0 Å². The van der Waals surface area contributed by atoms with Gasteiger partial charge in [-0.1, -0.05) is 166 Å². The number of carbonyl (C=O) groups is 1. The van der Waals surface area contributed by atoms with Crippen LogP contribution in [0, 0.1) is 0 Å². The van der Waals surface area contributed by atoms with Crippen LogP contribution in [0.1, 0.15) is 213 Å². The van der Waals surface area contributed by atoms with Crippen molar-refractivity contribution >= 4 is 13.6 Å². The van der Waals surface area contributed by atoms with Gasteiger partial charge in [0.05, 0.1) is 6.16 Å². The third-order valence-electron chi connectivity index (χ3n) is 10.3. The number of carbonyl (C=O) groups excluding carboxylic acids is 1. The molecule has 0 bridgehead atoms. The van der Waals surface area contributed by atoms with Crippen LogP contribution >= 0.6 is 7.60 Å². The molecule has 2 N–H and O–H groups in total. The van der Waals surface area contributed by atoms with E-state index in [1.54, 1.807) is 0 Å². The molecule has 0 amide bonds. The summed E-state index contributed by atoms with van der Waals surface area (Å²) in [6.45, 7) is 10.5. The van der Waals surface area contributed by atoms with Crippen LogP contribution in [0.15, 0.2) is 48.6 Å². The highest BCUT2D eigenvalue weighted by atomic mass is 31.2. The molecule has 0 aliphatic carbocycles. The van der Waals surface area contributed by atoms with Gasteiger partial charge >= 0.3 is 13.6 Å². The van der Waals surface area contributed by atoms with E-state index < -0.39 is 7.60 Å². The molecule has 7 nitrogen and oxygen atoms in total. The molecule has 0 saturated carbocycles. The van der Waals surface area contributed by atoms with E-state index in [-0.39, 0.29) is 12.1 Å². The van der Waals surface area contributed by atoms with E-state index in [9.17, 15) is 19.1 Å². The van der Waals surface area contributed by atoms with Gasteiger partial charge in [-0.05, 0) is 103 Å². The first-order valence-electron chi connectivity index (χ1n) is 23.6. The first kappa shape index (κ1) is 54.5. The molecule has 0 saturated heterocycles. The standard InChI is InChI=1S/C48H91N2O5P/c1-4-7-10-13-16-17-18-19-20-21-22-23-24-29-32-37-42-49(46-47-56(52,53)54)43-38-33-30-25-26-31-36-41-48(51)55-50(44-39-34-27-14-11-8-5-2)45-40-35-28-15-12-9-6-3/h16-17,19-20,27-28,34-35H,4-15,18,21-26,29-33,36-47H2,1-3H3,(H2,52,53,54)/b17-16-,20-19-,34-27-,35-28-. The highest BCUT2D eigenvalue weighted by Crippen LogP contribution is 2.33. The second-order valence-electron chi connectivity index (χ2n) is 15.9. The van der Waals surface area contributed by atoms with Gasteiger partial charge in [-0.3, -0.25) is 9.36 Å². The minimum Gasteiger partial charge on any atom is -0.368 e. The highest BCUT2D eigenvalue weighted by Gasteiger charge is 2.15. The lowest BCUT2D eigenvalue weighted by atomic mass is 10.1. The monoisotopic (exact) mass is 807 g/mol. The zero-order valence-corrected chi connectivity index (χ0v) is 37.9. The predicted octanol–water partition coefficient (Wildman–Crippen LogP) is 14.2. The number of unbranched alkanes of at least 4 members (excludes halogenated alkanes) is 21. The normalized spacial score (nSPS) is 12.6. The van der Waals surface area contributed by atoms with Crippen molar-refractivity contribution in [1.29, 1.82) is 0 Å². The summed E-state index contributed by atoms with van der Waals surface area (Å²) in [5.41, 5.74) is 0. The van der Waals surface area contributed by atoms with Crippen molar-refractivity contribution in [1.82, 2.24) is 9.96 Å². The van der Waals surface area contributed by atoms with E-state index in [0.717, 1.165) is 110 Å². The van der Waals surface area contributed by atoms with Gasteiger partial charge < -0.3 is 19.5 Å². The molecule has 0 radical (unpaired) electrons. The van der Waals surface area contributed by atoms with Gasteiger partial charge in [-0.15, -0.1) is 5.06 Å². The van der Waals surface area contributed by atoms with E-state index in [0.29, 0.717) is 13.0 Å². The molecule has 0 fully saturated rings. The number of nitrogens with zero attached hydrogens (tertiary/aromatic N) is 2. The first-order chi connectivity index (χ1) is 27.3. The van der Waals surface area contributed by atoms with Crippen molar-refractivity contribution < 1.29 is 24.0 Å². The van der Waals surface area contributed by atoms with Gasteiger partial charge in [0.25, 0.3) is 0 Å². The molecule has 56 heavy (non-hydrogen) atoms. The molecule has 0 atom stereocenters. The maximum absolute atomic E-state index is 12.7. The van der Waals surface area contributed by atoms with Crippen molar-refractivity contribution in [2.24, 2.45) is 0 Å². The van der Waals surface area contributed by atoms with Crippen LogP contribution in [0.2, 0.25) is 0 Å². The Balaban J connectivity index is 4.21. The summed E-state index contributed by atoms with van der Waals surface area (Å²) in [6.07, 6.45) is 52.4. The van der Waals surface area contributed by atoms with E-state index in [4.69, 9.17) is 4.84 Å². The molecule has 0 aromatic heterocycles. The van der Waals surface area contributed by atoms with Crippen LogP contribution in [0.5, 0.6) is 0 Å². The smallest absolute Gasteiger partial charge is 0.326 e. The zero-order valence-electron chi connectivity index (χ0n) is 37.0.